The highest BCUT2D eigenvalue weighted by Gasteiger charge is 2.27. The van der Waals surface area contributed by atoms with Gasteiger partial charge in [-0.1, -0.05) is 0 Å². The number of aryl methyl sites for hydroxylation is 1. The maximum atomic E-state index is 12.3. The average Bonchev–Trinajstić information content (AvgIpc) is 3.02. The largest absolute Gasteiger partial charge is 0.444 e. The third-order valence-electron chi connectivity index (χ3n) is 4.25. The van der Waals surface area contributed by atoms with E-state index in [0.29, 0.717) is 5.92 Å². The van der Waals surface area contributed by atoms with Crippen LogP contribution in [0.2, 0.25) is 0 Å². The molecule has 2 N–H and O–H groups in total. The summed E-state index contributed by atoms with van der Waals surface area (Å²) in [5.41, 5.74) is -0.454. The number of nitrogens with one attached hydrogen (secondary N) is 2. The van der Waals surface area contributed by atoms with Gasteiger partial charge in [-0.2, -0.15) is 0 Å². The number of rotatable bonds is 5. The molecule has 1 aliphatic rings. The van der Waals surface area contributed by atoms with E-state index in [2.05, 4.69) is 27.5 Å². The van der Waals surface area contributed by atoms with Gasteiger partial charge in [-0.3, -0.25) is 4.99 Å². The molecule has 0 radical (unpaired) electrons. The third-order valence-corrected chi connectivity index (χ3v) is 5.23. The van der Waals surface area contributed by atoms with Crippen LogP contribution in [0.1, 0.15) is 43.5 Å². The number of ether oxygens (including phenoxy) is 1. The van der Waals surface area contributed by atoms with Gasteiger partial charge < -0.3 is 20.3 Å². The Balaban J connectivity index is 1.72. The van der Waals surface area contributed by atoms with Crippen molar-refractivity contribution in [3.05, 3.63) is 16.1 Å². The first-order chi connectivity index (χ1) is 12.8. The molecule has 0 spiro atoms. The number of aliphatic imine (C=N–C) groups is 1. The van der Waals surface area contributed by atoms with E-state index in [1.54, 1.807) is 18.4 Å². The third kappa shape index (κ3) is 7.74. The van der Waals surface area contributed by atoms with Crippen LogP contribution in [0, 0.1) is 12.8 Å². The predicted molar refractivity (Wildman–Crippen MR) is 110 cm³/mol. The van der Waals surface area contributed by atoms with Crippen molar-refractivity contribution in [1.82, 2.24) is 20.5 Å². The SMILES string of the molecule is CN=C(NCCc1ncc(C)s1)NCC1CCCN(C(=O)OC(C)(C)C)C1. The molecule has 0 aliphatic carbocycles. The van der Waals surface area contributed by atoms with Gasteiger partial charge in [-0.05, 0) is 46.5 Å². The van der Waals surface area contributed by atoms with Gasteiger partial charge in [0.2, 0.25) is 0 Å². The van der Waals surface area contributed by atoms with Crippen molar-refractivity contribution >= 4 is 23.4 Å². The fourth-order valence-electron chi connectivity index (χ4n) is 2.99. The summed E-state index contributed by atoms with van der Waals surface area (Å²) >= 11 is 1.73. The highest BCUT2D eigenvalue weighted by molar-refractivity contribution is 7.11. The average molecular weight is 396 g/mol. The van der Waals surface area contributed by atoms with Gasteiger partial charge in [0.1, 0.15) is 5.60 Å². The lowest BCUT2D eigenvalue weighted by Crippen LogP contribution is -2.47. The van der Waals surface area contributed by atoms with E-state index < -0.39 is 5.60 Å². The standard InChI is InChI=1S/C19H33N5O2S/c1-14-11-22-16(27-14)8-9-21-17(20-5)23-12-15-7-6-10-24(13-15)18(25)26-19(2,3)4/h11,15H,6-10,12-13H2,1-5H3,(H2,20,21,23). The Morgan fingerprint density at radius 1 is 1.44 bits per heavy atom. The highest BCUT2D eigenvalue weighted by Crippen LogP contribution is 2.19. The number of aromatic nitrogens is 1. The zero-order valence-electron chi connectivity index (χ0n) is 17.2. The molecule has 0 aromatic carbocycles. The minimum atomic E-state index is -0.454. The maximum Gasteiger partial charge on any atom is 0.410 e. The Kier molecular flexibility index (Phi) is 7.89. The molecule has 27 heavy (non-hydrogen) atoms. The molecule has 0 saturated carbocycles. The highest BCUT2D eigenvalue weighted by atomic mass is 32.1. The molecule has 1 atom stereocenters. The van der Waals surface area contributed by atoms with Crippen LogP contribution in [0.15, 0.2) is 11.2 Å². The minimum Gasteiger partial charge on any atom is -0.444 e. The molecular formula is C19H33N5O2S. The van der Waals surface area contributed by atoms with E-state index in [9.17, 15) is 4.79 Å². The summed E-state index contributed by atoms with van der Waals surface area (Å²) < 4.78 is 5.49. The molecule has 0 bridgehead atoms. The van der Waals surface area contributed by atoms with Crippen molar-refractivity contribution in [1.29, 1.82) is 0 Å². The summed E-state index contributed by atoms with van der Waals surface area (Å²) in [6.45, 7) is 10.8. The molecule has 7 nitrogen and oxygen atoms in total. The monoisotopic (exact) mass is 395 g/mol. The molecule has 1 unspecified atom stereocenters. The second-order valence-corrected chi connectivity index (χ2v) is 9.25. The van der Waals surface area contributed by atoms with Gasteiger partial charge >= 0.3 is 6.09 Å². The molecule has 152 valence electrons. The van der Waals surface area contributed by atoms with Gasteiger partial charge in [0.05, 0.1) is 5.01 Å². The lowest BCUT2D eigenvalue weighted by atomic mass is 9.98. The number of carbonyl (C=O) groups is 1. The van der Waals surface area contributed by atoms with Crippen LogP contribution >= 0.6 is 11.3 Å². The number of piperidine rings is 1. The molecular weight excluding hydrogens is 362 g/mol. The zero-order valence-corrected chi connectivity index (χ0v) is 18.0. The van der Waals surface area contributed by atoms with Crippen molar-refractivity contribution in [2.75, 3.05) is 33.2 Å². The summed E-state index contributed by atoms with van der Waals surface area (Å²) in [5.74, 6) is 1.18. The van der Waals surface area contributed by atoms with E-state index in [1.807, 2.05) is 31.9 Å². The number of hydrogen-bond donors (Lipinski definition) is 2. The molecule has 1 aromatic rings. The minimum absolute atomic E-state index is 0.214. The number of hydrogen-bond acceptors (Lipinski definition) is 5. The second kappa shape index (κ2) is 9.92. The molecule has 2 heterocycles. The van der Waals surface area contributed by atoms with Gasteiger partial charge in [-0.25, -0.2) is 9.78 Å². The van der Waals surface area contributed by atoms with Crippen molar-refractivity contribution in [2.45, 2.75) is 52.6 Å². The number of nitrogens with zero attached hydrogens (tertiary/aromatic N) is 3. The van der Waals surface area contributed by atoms with Crippen LogP contribution < -0.4 is 10.6 Å². The first kappa shape index (κ1) is 21.5. The van der Waals surface area contributed by atoms with E-state index in [0.717, 1.165) is 56.4 Å². The Hall–Kier alpha value is -1.83. The van der Waals surface area contributed by atoms with Crippen LogP contribution in [0.5, 0.6) is 0 Å². The normalized spacial score (nSPS) is 18.3. The maximum absolute atomic E-state index is 12.3. The lowest BCUT2D eigenvalue weighted by molar-refractivity contribution is 0.0168. The van der Waals surface area contributed by atoms with E-state index >= 15 is 0 Å². The Labute approximate surface area is 166 Å². The van der Waals surface area contributed by atoms with Crippen molar-refractivity contribution in [2.24, 2.45) is 10.9 Å². The summed E-state index contributed by atoms with van der Waals surface area (Å²) in [7, 11) is 1.77. The Bertz CT molecular complexity index is 638. The van der Waals surface area contributed by atoms with Crippen LogP contribution in [-0.4, -0.2) is 60.8 Å². The summed E-state index contributed by atoms with van der Waals surface area (Å²) in [5, 5.41) is 7.85. The Morgan fingerprint density at radius 3 is 2.85 bits per heavy atom. The number of likely N-dealkylation sites (tertiary alicyclic amines) is 1. The molecule has 1 saturated heterocycles. The second-order valence-electron chi connectivity index (χ2n) is 7.93. The lowest BCUT2D eigenvalue weighted by Gasteiger charge is -2.34. The Morgan fingerprint density at radius 2 is 2.22 bits per heavy atom. The van der Waals surface area contributed by atoms with Gasteiger partial charge in [0, 0.05) is 50.7 Å². The summed E-state index contributed by atoms with van der Waals surface area (Å²) in [4.78, 5) is 24.0. The smallest absolute Gasteiger partial charge is 0.410 e. The zero-order chi connectivity index (χ0) is 19.9. The molecule has 1 aromatic heterocycles. The van der Waals surface area contributed by atoms with Gasteiger partial charge in [-0.15, -0.1) is 11.3 Å². The number of thiazole rings is 1. The molecule has 8 heteroatoms. The summed E-state index contributed by atoms with van der Waals surface area (Å²) in [6.07, 6.45) is 4.68. The fourth-order valence-corrected chi connectivity index (χ4v) is 3.78. The van der Waals surface area contributed by atoms with Crippen LogP contribution in [0.4, 0.5) is 4.79 Å². The number of carbonyl (C=O) groups excluding carboxylic acids is 1. The molecule has 2 rings (SSSR count). The first-order valence-corrected chi connectivity index (χ1v) is 10.4. The van der Waals surface area contributed by atoms with Crippen molar-refractivity contribution < 1.29 is 9.53 Å². The van der Waals surface area contributed by atoms with Gasteiger partial charge in [0.25, 0.3) is 0 Å². The van der Waals surface area contributed by atoms with Gasteiger partial charge in [0.15, 0.2) is 5.96 Å². The van der Waals surface area contributed by atoms with Crippen molar-refractivity contribution in [3.63, 3.8) is 0 Å². The fraction of sp³-hybridized carbons (Fsp3) is 0.737. The van der Waals surface area contributed by atoms with E-state index in [1.165, 1.54) is 4.88 Å². The van der Waals surface area contributed by atoms with Crippen LogP contribution in [-0.2, 0) is 11.2 Å². The number of guanidine groups is 1. The molecule has 1 fully saturated rings. The van der Waals surface area contributed by atoms with Crippen LogP contribution in [0.3, 0.4) is 0 Å². The molecule has 1 aliphatic heterocycles. The summed E-state index contributed by atoms with van der Waals surface area (Å²) in [6, 6.07) is 0. The molecule has 1 amide bonds. The topological polar surface area (TPSA) is 78.9 Å². The van der Waals surface area contributed by atoms with E-state index in [4.69, 9.17) is 4.74 Å². The van der Waals surface area contributed by atoms with Crippen molar-refractivity contribution in [3.8, 4) is 0 Å². The van der Waals surface area contributed by atoms with E-state index in [-0.39, 0.29) is 6.09 Å². The number of amides is 1. The van der Waals surface area contributed by atoms with Crippen LogP contribution in [0.25, 0.3) is 0 Å². The first-order valence-electron chi connectivity index (χ1n) is 9.60. The predicted octanol–water partition coefficient (Wildman–Crippen LogP) is 2.81. The quantitative estimate of drug-likeness (QED) is 0.592.